The summed E-state index contributed by atoms with van der Waals surface area (Å²) in [6.45, 7) is 9.70. The molecule has 3 N–H and O–H groups in total. The first-order valence-electron chi connectivity index (χ1n) is 44.5. The van der Waals surface area contributed by atoms with Crippen LogP contribution in [0.4, 0.5) is 0 Å². The van der Waals surface area contributed by atoms with Crippen molar-refractivity contribution in [1.82, 2.24) is 0 Å². The van der Waals surface area contributed by atoms with Crippen molar-refractivity contribution in [2.75, 3.05) is 39.6 Å². The fourth-order valence-corrected chi connectivity index (χ4v) is 15.0. The zero-order valence-corrected chi connectivity index (χ0v) is 70.8. The van der Waals surface area contributed by atoms with Crippen LogP contribution >= 0.6 is 15.6 Å². The Hall–Kier alpha value is -1.94. The third kappa shape index (κ3) is 79.9. The van der Waals surface area contributed by atoms with Crippen molar-refractivity contribution < 1.29 is 80.2 Å². The molecule has 0 fully saturated rings. The van der Waals surface area contributed by atoms with Crippen LogP contribution in [0.5, 0.6) is 0 Å². The highest BCUT2D eigenvalue weighted by atomic mass is 31.2. The lowest BCUT2D eigenvalue weighted by atomic mass is 10.0. The van der Waals surface area contributed by atoms with Crippen molar-refractivity contribution >= 4 is 39.5 Å². The summed E-state index contributed by atoms with van der Waals surface area (Å²) < 4.78 is 68.9. The summed E-state index contributed by atoms with van der Waals surface area (Å²) in [6, 6.07) is 0. The van der Waals surface area contributed by atoms with Crippen LogP contribution in [0.1, 0.15) is 459 Å². The van der Waals surface area contributed by atoms with Crippen LogP contribution in [0.3, 0.4) is 0 Å². The van der Waals surface area contributed by atoms with Gasteiger partial charge in [-0.3, -0.25) is 37.3 Å². The number of rotatable bonds is 85. The summed E-state index contributed by atoms with van der Waals surface area (Å²) in [6.07, 6.45) is 69.4. The Balaban J connectivity index is 5.23. The van der Waals surface area contributed by atoms with E-state index in [9.17, 15) is 43.2 Å². The minimum atomic E-state index is -4.97. The molecule has 19 heteroatoms. The Bertz CT molecular complexity index is 2010. The van der Waals surface area contributed by atoms with E-state index in [1.54, 1.807) is 0 Å². The van der Waals surface area contributed by atoms with E-state index in [0.717, 1.165) is 102 Å². The zero-order valence-electron chi connectivity index (χ0n) is 69.0. The van der Waals surface area contributed by atoms with Gasteiger partial charge in [-0.2, -0.15) is 0 Å². The van der Waals surface area contributed by atoms with Crippen molar-refractivity contribution in [1.29, 1.82) is 0 Å². The molecular weight excluding hydrogens is 1370 g/mol. The van der Waals surface area contributed by atoms with E-state index < -0.39 is 97.5 Å². The summed E-state index contributed by atoms with van der Waals surface area (Å²) in [5.41, 5.74) is 0. The molecule has 0 aromatic rings. The number of aliphatic hydroxyl groups excluding tert-OH is 1. The Morgan fingerprint density at radius 3 is 0.648 bits per heavy atom. The monoisotopic (exact) mass is 1540 g/mol. The second-order valence-electron chi connectivity index (χ2n) is 31.9. The van der Waals surface area contributed by atoms with Crippen LogP contribution in [0, 0.1) is 11.8 Å². The molecule has 0 spiro atoms. The maximum Gasteiger partial charge on any atom is 0.472 e. The molecule has 0 aromatic heterocycles. The number of hydrogen-bond donors (Lipinski definition) is 3. The topological polar surface area (TPSA) is 237 Å². The molecule has 0 amide bonds. The number of carbonyl (C=O) groups excluding carboxylic acids is 4. The number of phosphoric ester groups is 2. The molecule has 0 bridgehead atoms. The summed E-state index contributed by atoms with van der Waals surface area (Å²) >= 11 is 0. The van der Waals surface area contributed by atoms with E-state index in [-0.39, 0.29) is 25.7 Å². The molecule has 0 saturated heterocycles. The van der Waals surface area contributed by atoms with E-state index in [2.05, 4.69) is 41.5 Å². The molecule has 0 aliphatic rings. The highest BCUT2D eigenvalue weighted by Gasteiger charge is 2.30. The van der Waals surface area contributed by atoms with Gasteiger partial charge in [-0.25, -0.2) is 9.13 Å². The fraction of sp³-hybridized carbons (Fsp3) is 0.953. The maximum atomic E-state index is 13.1. The molecule has 0 saturated carbocycles. The summed E-state index contributed by atoms with van der Waals surface area (Å²) in [5.74, 6) is -0.529. The Morgan fingerprint density at radius 1 is 0.257 bits per heavy atom. The van der Waals surface area contributed by atoms with E-state index >= 15 is 0 Å². The molecule has 2 unspecified atom stereocenters. The molecule has 0 radical (unpaired) electrons. The van der Waals surface area contributed by atoms with Gasteiger partial charge in [-0.15, -0.1) is 0 Å². The number of hydrogen-bond acceptors (Lipinski definition) is 15. The van der Waals surface area contributed by atoms with Crippen LogP contribution in [0.2, 0.25) is 0 Å². The van der Waals surface area contributed by atoms with E-state index in [1.807, 2.05) is 0 Å². The van der Waals surface area contributed by atoms with E-state index in [0.29, 0.717) is 25.7 Å². The minimum Gasteiger partial charge on any atom is -0.462 e. The first-order chi connectivity index (χ1) is 50.9. The number of ether oxygens (including phenoxy) is 4. The van der Waals surface area contributed by atoms with Crippen LogP contribution < -0.4 is 0 Å². The summed E-state index contributed by atoms with van der Waals surface area (Å²) in [7, 11) is -9.93. The largest absolute Gasteiger partial charge is 0.472 e. The van der Waals surface area contributed by atoms with Gasteiger partial charge in [-0.1, -0.05) is 408 Å². The van der Waals surface area contributed by atoms with Crippen LogP contribution in [-0.4, -0.2) is 96.7 Å². The number of aliphatic hydroxyl groups is 1. The van der Waals surface area contributed by atoms with Gasteiger partial charge in [0, 0.05) is 25.7 Å². The molecule has 0 aliphatic heterocycles. The van der Waals surface area contributed by atoms with Gasteiger partial charge in [0.1, 0.15) is 19.3 Å². The number of carbonyl (C=O) groups is 4. The van der Waals surface area contributed by atoms with Crippen LogP contribution in [0.25, 0.3) is 0 Å². The standard InChI is InChI=1S/C86H168O17P2/c1-7-9-11-13-15-17-19-21-22-23-24-28-31-34-38-45-51-57-63-69-84(89)97-74-81(102-85(90)70-64-58-52-46-39-35-32-29-26-25-27-30-33-36-42-48-54-60-66-78(3)4)76-100-104(92,93)98-72-80(87)73-99-105(94,95)101-77-82(75-96-83(88)68-62-56-50-44-37-20-18-16-14-12-10-8-2)103-86(91)71-65-59-53-47-41-40-43-49-55-61-67-79(5)6/h78-82,87H,7-77H2,1-6H3,(H,92,93)(H,94,95)/t80-,81-,82-/m1/s1. The van der Waals surface area contributed by atoms with E-state index in [4.69, 9.17) is 37.0 Å². The van der Waals surface area contributed by atoms with Gasteiger partial charge < -0.3 is 33.8 Å². The van der Waals surface area contributed by atoms with Crippen molar-refractivity contribution in [3.05, 3.63) is 0 Å². The molecule has 17 nitrogen and oxygen atoms in total. The zero-order chi connectivity index (χ0) is 77.1. The van der Waals surface area contributed by atoms with E-state index in [1.165, 1.54) is 276 Å². The molecule has 0 rings (SSSR count). The number of unbranched alkanes of at least 4 members (excludes halogenated alkanes) is 55. The quantitative estimate of drug-likeness (QED) is 0.0222. The molecule has 0 aliphatic carbocycles. The third-order valence-electron chi connectivity index (χ3n) is 20.2. The Labute approximate surface area is 645 Å². The van der Waals surface area contributed by atoms with Gasteiger partial charge in [0.15, 0.2) is 12.2 Å². The third-order valence-corrected chi connectivity index (χ3v) is 22.1. The fourth-order valence-electron chi connectivity index (χ4n) is 13.4. The Kier molecular flexibility index (Phi) is 76.0. The predicted molar refractivity (Wildman–Crippen MR) is 432 cm³/mol. The lowest BCUT2D eigenvalue weighted by Crippen LogP contribution is -2.30. The molecule has 624 valence electrons. The molecule has 105 heavy (non-hydrogen) atoms. The van der Waals surface area contributed by atoms with Crippen molar-refractivity contribution in [3.8, 4) is 0 Å². The molecule has 5 atom stereocenters. The highest BCUT2D eigenvalue weighted by Crippen LogP contribution is 2.45. The lowest BCUT2D eigenvalue weighted by molar-refractivity contribution is -0.161. The van der Waals surface area contributed by atoms with Crippen molar-refractivity contribution in [3.63, 3.8) is 0 Å². The summed E-state index contributed by atoms with van der Waals surface area (Å²) in [4.78, 5) is 73.2. The van der Waals surface area contributed by atoms with Crippen molar-refractivity contribution in [2.45, 2.75) is 477 Å². The van der Waals surface area contributed by atoms with Crippen LogP contribution in [0.15, 0.2) is 0 Å². The van der Waals surface area contributed by atoms with Gasteiger partial charge in [0.2, 0.25) is 0 Å². The second kappa shape index (κ2) is 77.4. The molecular formula is C86H168O17P2. The van der Waals surface area contributed by atoms with Gasteiger partial charge in [0.05, 0.1) is 26.4 Å². The van der Waals surface area contributed by atoms with Crippen molar-refractivity contribution in [2.24, 2.45) is 11.8 Å². The number of phosphoric acid groups is 2. The molecule has 0 aromatic carbocycles. The normalized spacial score (nSPS) is 13.8. The van der Waals surface area contributed by atoms with Crippen LogP contribution in [-0.2, 0) is 65.4 Å². The first-order valence-corrected chi connectivity index (χ1v) is 47.5. The molecule has 0 heterocycles. The average molecular weight is 1540 g/mol. The number of esters is 4. The maximum absolute atomic E-state index is 13.1. The smallest absolute Gasteiger partial charge is 0.462 e. The van der Waals surface area contributed by atoms with Gasteiger partial charge in [0.25, 0.3) is 0 Å². The van der Waals surface area contributed by atoms with Gasteiger partial charge >= 0.3 is 39.5 Å². The average Bonchev–Trinajstić information content (AvgIpc) is 0.910. The predicted octanol–water partition coefficient (Wildman–Crippen LogP) is 26.2. The van der Waals surface area contributed by atoms with Gasteiger partial charge in [-0.05, 0) is 37.5 Å². The highest BCUT2D eigenvalue weighted by molar-refractivity contribution is 7.47. The summed E-state index contributed by atoms with van der Waals surface area (Å²) in [5, 5.41) is 10.7. The SMILES string of the molecule is CCCCCCCCCCCCCCCCCCCCCC(=O)OC[C@H](COP(=O)(O)OC[C@@H](O)COP(=O)(O)OC[C@@H](COC(=O)CCCCCCCCCCCCCC)OC(=O)CCCCCCCCCCCCC(C)C)OC(=O)CCCCCCCCCCCCCCCCCCCCC(C)C. The first kappa shape index (κ1) is 103. The minimum absolute atomic E-state index is 0.107. The Morgan fingerprint density at radius 2 is 0.438 bits per heavy atom. The lowest BCUT2D eigenvalue weighted by Gasteiger charge is -2.21. The second-order valence-corrected chi connectivity index (χ2v) is 34.8.